The van der Waals surface area contributed by atoms with Gasteiger partial charge in [-0.25, -0.2) is 0 Å². The Hall–Kier alpha value is -0.380. The third-order valence-electron chi connectivity index (χ3n) is 5.22. The highest BCUT2D eigenvalue weighted by atomic mass is 16.5. The molecule has 3 nitrogen and oxygen atoms in total. The summed E-state index contributed by atoms with van der Waals surface area (Å²) in [7, 11) is 0. The van der Waals surface area contributed by atoms with Gasteiger partial charge in [-0.2, -0.15) is 0 Å². The third kappa shape index (κ3) is 6.09. The van der Waals surface area contributed by atoms with Crippen LogP contribution in [0.4, 0.5) is 0 Å². The average Bonchev–Trinajstić information content (AvgIpc) is 2.49. The molecule has 0 aromatic heterocycles. The molecule has 3 unspecified atom stereocenters. The number of hydrogen-bond donors (Lipinski definition) is 2. The van der Waals surface area contributed by atoms with Crippen LogP contribution >= 0.6 is 0 Å². The minimum Gasteiger partial charge on any atom is -0.389 e. The largest absolute Gasteiger partial charge is 0.389 e. The molecule has 2 aliphatic rings. The summed E-state index contributed by atoms with van der Waals surface area (Å²) in [5.74, 6) is 2.20. The Morgan fingerprint density at radius 3 is 2.57 bits per heavy atom. The van der Waals surface area contributed by atoms with E-state index in [9.17, 15) is 5.11 Å². The van der Waals surface area contributed by atoms with Crippen LogP contribution in [0.15, 0.2) is 12.2 Å². The summed E-state index contributed by atoms with van der Waals surface area (Å²) in [6.07, 6.45) is 11.6. The van der Waals surface area contributed by atoms with E-state index in [0.29, 0.717) is 31.0 Å². The highest BCUT2D eigenvalue weighted by Crippen LogP contribution is 2.25. The third-order valence-corrected chi connectivity index (χ3v) is 5.22. The zero-order valence-corrected chi connectivity index (χ0v) is 13.8. The highest BCUT2D eigenvalue weighted by molar-refractivity contribution is 4.93. The van der Waals surface area contributed by atoms with Gasteiger partial charge in [-0.15, -0.1) is 0 Å². The van der Waals surface area contributed by atoms with Crippen molar-refractivity contribution in [2.45, 2.75) is 64.5 Å². The number of rotatable bonds is 7. The first-order valence-electron chi connectivity index (χ1n) is 8.79. The maximum absolute atomic E-state index is 10.0. The molecule has 0 aromatic carbocycles. The zero-order valence-electron chi connectivity index (χ0n) is 13.8. The van der Waals surface area contributed by atoms with Crippen molar-refractivity contribution in [3.05, 3.63) is 12.2 Å². The van der Waals surface area contributed by atoms with Gasteiger partial charge in [-0.05, 0) is 56.3 Å². The molecule has 21 heavy (non-hydrogen) atoms. The van der Waals surface area contributed by atoms with Gasteiger partial charge in [0.2, 0.25) is 0 Å². The van der Waals surface area contributed by atoms with Crippen molar-refractivity contribution >= 4 is 0 Å². The fourth-order valence-electron chi connectivity index (χ4n) is 3.42. The van der Waals surface area contributed by atoms with E-state index in [1.54, 1.807) is 0 Å². The van der Waals surface area contributed by atoms with Gasteiger partial charge in [0.1, 0.15) is 0 Å². The van der Waals surface area contributed by atoms with Gasteiger partial charge in [0.25, 0.3) is 0 Å². The second-order valence-corrected chi connectivity index (χ2v) is 7.24. The maximum Gasteiger partial charge on any atom is 0.0897 e. The molecule has 0 spiro atoms. The van der Waals surface area contributed by atoms with Crippen molar-refractivity contribution in [3.63, 3.8) is 0 Å². The molecule has 0 radical (unpaired) electrons. The van der Waals surface area contributed by atoms with Gasteiger partial charge in [0, 0.05) is 12.6 Å². The molecule has 0 heterocycles. The van der Waals surface area contributed by atoms with E-state index in [-0.39, 0.29) is 6.10 Å². The second kappa shape index (κ2) is 8.92. The van der Waals surface area contributed by atoms with Crippen LogP contribution in [-0.2, 0) is 4.74 Å². The summed E-state index contributed by atoms with van der Waals surface area (Å²) in [4.78, 5) is 0. The molecule has 1 fully saturated rings. The van der Waals surface area contributed by atoms with E-state index >= 15 is 0 Å². The summed E-state index contributed by atoms with van der Waals surface area (Å²) < 4.78 is 5.74. The van der Waals surface area contributed by atoms with Gasteiger partial charge < -0.3 is 15.2 Å². The predicted molar refractivity (Wildman–Crippen MR) is 87.3 cm³/mol. The van der Waals surface area contributed by atoms with Crippen LogP contribution in [0.3, 0.4) is 0 Å². The smallest absolute Gasteiger partial charge is 0.0897 e. The van der Waals surface area contributed by atoms with E-state index in [1.165, 1.54) is 25.7 Å². The summed E-state index contributed by atoms with van der Waals surface area (Å²) in [6, 6.07) is 0.597. The SMILES string of the molecule is CC1CCC(NCC(O)COCC2CC=CCC2C)CC1. The quantitative estimate of drug-likeness (QED) is 0.709. The molecule has 2 N–H and O–H groups in total. The molecule has 3 heteroatoms. The molecular weight excluding hydrogens is 262 g/mol. The minimum absolute atomic E-state index is 0.376. The van der Waals surface area contributed by atoms with E-state index in [2.05, 4.69) is 31.3 Å². The Bertz CT molecular complexity index is 310. The molecule has 0 aromatic rings. The van der Waals surface area contributed by atoms with Crippen LogP contribution in [0.1, 0.15) is 52.4 Å². The van der Waals surface area contributed by atoms with Gasteiger partial charge in [0.05, 0.1) is 19.3 Å². The Balaban J connectivity index is 1.53. The number of nitrogens with one attached hydrogen (secondary N) is 1. The van der Waals surface area contributed by atoms with Gasteiger partial charge in [-0.3, -0.25) is 0 Å². The normalized spacial score (nSPS) is 34.8. The predicted octanol–water partition coefficient (Wildman–Crippen LogP) is 3.13. The van der Waals surface area contributed by atoms with E-state index < -0.39 is 0 Å². The van der Waals surface area contributed by atoms with Crippen molar-refractivity contribution in [1.29, 1.82) is 0 Å². The number of allylic oxidation sites excluding steroid dienone is 2. The molecule has 0 aliphatic heterocycles. The lowest BCUT2D eigenvalue weighted by atomic mass is 9.85. The molecule has 0 saturated heterocycles. The van der Waals surface area contributed by atoms with E-state index in [1.807, 2.05) is 0 Å². The second-order valence-electron chi connectivity index (χ2n) is 7.24. The maximum atomic E-state index is 10.0. The van der Waals surface area contributed by atoms with Crippen molar-refractivity contribution in [1.82, 2.24) is 5.32 Å². The minimum atomic E-state index is -0.376. The standard InChI is InChI=1S/C18H33NO2/c1-14-7-9-17(10-8-14)19-11-18(20)13-21-12-16-6-4-3-5-15(16)2/h3-4,14-20H,5-13H2,1-2H3. The Morgan fingerprint density at radius 1 is 1.14 bits per heavy atom. The van der Waals surface area contributed by atoms with Crippen LogP contribution in [-0.4, -0.2) is 37.0 Å². The van der Waals surface area contributed by atoms with Crippen molar-refractivity contribution in [2.24, 2.45) is 17.8 Å². The van der Waals surface area contributed by atoms with Crippen molar-refractivity contribution in [2.75, 3.05) is 19.8 Å². The number of aliphatic hydroxyl groups excluding tert-OH is 1. The van der Waals surface area contributed by atoms with Gasteiger partial charge >= 0.3 is 0 Å². The van der Waals surface area contributed by atoms with E-state index in [0.717, 1.165) is 25.4 Å². The van der Waals surface area contributed by atoms with Crippen molar-refractivity contribution < 1.29 is 9.84 Å². The molecule has 0 bridgehead atoms. The Labute approximate surface area is 130 Å². The lowest BCUT2D eigenvalue weighted by Gasteiger charge is -2.28. The Morgan fingerprint density at radius 2 is 1.86 bits per heavy atom. The summed E-state index contributed by atoms with van der Waals surface area (Å²) in [5, 5.41) is 13.5. The number of aliphatic hydroxyl groups is 1. The van der Waals surface area contributed by atoms with Crippen LogP contribution in [0, 0.1) is 17.8 Å². The molecule has 1 saturated carbocycles. The first kappa shape index (κ1) is 17.0. The number of ether oxygens (including phenoxy) is 1. The first-order valence-corrected chi connectivity index (χ1v) is 8.79. The monoisotopic (exact) mass is 295 g/mol. The lowest BCUT2D eigenvalue weighted by Crippen LogP contribution is -2.39. The molecule has 3 atom stereocenters. The molecule has 122 valence electrons. The lowest BCUT2D eigenvalue weighted by molar-refractivity contribution is 0.0113. The molecule has 2 aliphatic carbocycles. The van der Waals surface area contributed by atoms with E-state index in [4.69, 9.17) is 4.74 Å². The summed E-state index contributed by atoms with van der Waals surface area (Å²) in [5.41, 5.74) is 0. The number of hydrogen-bond acceptors (Lipinski definition) is 3. The van der Waals surface area contributed by atoms with Crippen LogP contribution in [0.25, 0.3) is 0 Å². The molecule has 2 rings (SSSR count). The van der Waals surface area contributed by atoms with Crippen LogP contribution in [0.5, 0.6) is 0 Å². The molecular formula is C18H33NO2. The zero-order chi connectivity index (χ0) is 15.1. The fourth-order valence-corrected chi connectivity index (χ4v) is 3.42. The summed E-state index contributed by atoms with van der Waals surface area (Å²) >= 11 is 0. The van der Waals surface area contributed by atoms with Crippen LogP contribution in [0.2, 0.25) is 0 Å². The summed E-state index contributed by atoms with van der Waals surface area (Å²) in [6.45, 7) is 6.53. The topological polar surface area (TPSA) is 41.5 Å². The van der Waals surface area contributed by atoms with Crippen LogP contribution < -0.4 is 5.32 Å². The molecule has 0 amide bonds. The van der Waals surface area contributed by atoms with Gasteiger partial charge in [-0.1, -0.05) is 26.0 Å². The average molecular weight is 295 g/mol. The van der Waals surface area contributed by atoms with Crippen molar-refractivity contribution in [3.8, 4) is 0 Å². The van der Waals surface area contributed by atoms with Gasteiger partial charge in [0.15, 0.2) is 0 Å². The highest BCUT2D eigenvalue weighted by Gasteiger charge is 2.20. The first-order chi connectivity index (χ1) is 10.1. The Kier molecular flexibility index (Phi) is 7.21. The fraction of sp³-hybridized carbons (Fsp3) is 0.889.